The summed E-state index contributed by atoms with van der Waals surface area (Å²) in [6.45, 7) is 4.41. The van der Waals surface area contributed by atoms with Crippen molar-refractivity contribution < 1.29 is 32.7 Å². The van der Waals surface area contributed by atoms with E-state index in [4.69, 9.17) is 15.1 Å². The lowest BCUT2D eigenvalue weighted by molar-refractivity contribution is -0.135. The number of hydrogen-bond acceptors (Lipinski definition) is 10. The second kappa shape index (κ2) is 16.7. The molecule has 1 aliphatic carbocycles. The Morgan fingerprint density at radius 1 is 0.903 bits per heavy atom. The molecule has 2 aliphatic heterocycles. The summed E-state index contributed by atoms with van der Waals surface area (Å²) < 4.78 is 46.7. The number of halogens is 3. The third kappa shape index (κ3) is 7.89. The number of aryl methyl sites for hydroxylation is 1. The first-order valence-corrected chi connectivity index (χ1v) is 20.9. The largest absolute Gasteiger partial charge is 0.503 e. The van der Waals surface area contributed by atoms with Gasteiger partial charge in [-0.25, -0.2) is 18.6 Å². The molecule has 1 saturated carbocycles. The summed E-state index contributed by atoms with van der Waals surface area (Å²) in [4.78, 5) is 64.0. The first kappa shape index (κ1) is 40.8. The Morgan fingerprint density at radius 2 is 1.69 bits per heavy atom. The van der Waals surface area contributed by atoms with Gasteiger partial charge in [-0.15, -0.1) is 0 Å². The van der Waals surface area contributed by atoms with Gasteiger partial charge in [-0.05, 0) is 74.3 Å². The van der Waals surface area contributed by atoms with Gasteiger partial charge in [0.05, 0.1) is 46.2 Å². The fraction of sp³-hybridized carbons (Fsp3) is 0.386. The minimum Gasteiger partial charge on any atom is -0.503 e. The number of nitrogens with one attached hydrogen (secondary N) is 2. The number of nitrogens with zero attached hydrogens (tertiary/aromatic N) is 8. The van der Waals surface area contributed by atoms with Crippen LogP contribution in [0.1, 0.15) is 66.5 Å². The first-order valence-electron chi connectivity index (χ1n) is 20.9. The third-order valence-corrected chi connectivity index (χ3v) is 12.7. The van der Waals surface area contributed by atoms with E-state index in [1.54, 1.807) is 17.8 Å². The van der Waals surface area contributed by atoms with Gasteiger partial charge in [0.15, 0.2) is 17.4 Å². The Bertz CT molecular complexity index is 2770. The van der Waals surface area contributed by atoms with Crippen LogP contribution in [0.2, 0.25) is 0 Å². The van der Waals surface area contributed by atoms with Crippen molar-refractivity contribution in [3.05, 3.63) is 100 Å². The van der Waals surface area contributed by atoms with Crippen LogP contribution < -0.4 is 21.2 Å². The van der Waals surface area contributed by atoms with Crippen molar-refractivity contribution in [3.63, 3.8) is 0 Å². The predicted molar refractivity (Wildman–Crippen MR) is 223 cm³/mol. The van der Waals surface area contributed by atoms with E-state index in [-0.39, 0.29) is 36.5 Å². The average molecular weight is 851 g/mol. The zero-order valence-corrected chi connectivity index (χ0v) is 34.0. The molecule has 5 heterocycles. The normalized spacial score (nSPS) is 19.9. The number of imidazole rings is 1. The number of carbonyl (C=O) groups excluding carboxylic acids is 3. The molecule has 0 bridgehead atoms. The van der Waals surface area contributed by atoms with Crippen molar-refractivity contribution in [1.29, 1.82) is 0 Å². The summed E-state index contributed by atoms with van der Waals surface area (Å²) in [5.41, 5.74) is 3.96. The zero-order chi connectivity index (χ0) is 43.2. The number of aromatic hydroxyl groups is 1. The quantitative estimate of drug-likeness (QED) is 0.129. The maximum Gasteiger partial charge on any atom is 0.329 e. The molecular weight excluding hydrogens is 806 g/mol. The molecule has 62 heavy (non-hydrogen) atoms. The summed E-state index contributed by atoms with van der Waals surface area (Å²) in [5, 5.41) is 20.1. The van der Waals surface area contributed by atoms with Crippen molar-refractivity contribution in [2.75, 3.05) is 44.2 Å². The van der Waals surface area contributed by atoms with Crippen molar-refractivity contribution in [2.24, 2.45) is 13.0 Å². The Morgan fingerprint density at radius 3 is 2.44 bits per heavy atom. The highest BCUT2D eigenvalue weighted by Crippen LogP contribution is 2.34. The van der Waals surface area contributed by atoms with Crippen LogP contribution in [0.5, 0.6) is 5.75 Å². The van der Waals surface area contributed by atoms with Gasteiger partial charge in [-0.1, -0.05) is 18.2 Å². The highest BCUT2D eigenvalue weighted by atomic mass is 19.2. The number of anilines is 1. The van der Waals surface area contributed by atoms with Crippen LogP contribution in [0.15, 0.2) is 65.8 Å². The SMILES string of the molecule is Cn1c(=O)n(C2CCC(=O)NC2=O)c2ccc(CCN3CCN(c4cnc(-c5ccc6cn([C@H]7CC[C@H](CNC(=O)c8cc(F)c(O)c(F)c8F)CC7)nc6c5)cn4)CC3)cc21. The third-order valence-electron chi connectivity index (χ3n) is 12.7. The van der Waals surface area contributed by atoms with Gasteiger partial charge in [0, 0.05) is 69.9 Å². The fourth-order valence-electron chi connectivity index (χ4n) is 8.99. The zero-order valence-electron chi connectivity index (χ0n) is 34.0. The molecule has 0 spiro atoms. The molecule has 3 aliphatic rings. The maximum atomic E-state index is 14.1. The molecule has 3 amide bonds. The van der Waals surface area contributed by atoms with E-state index in [9.17, 15) is 37.5 Å². The summed E-state index contributed by atoms with van der Waals surface area (Å²) >= 11 is 0. The smallest absolute Gasteiger partial charge is 0.329 e. The Kier molecular flexibility index (Phi) is 11.0. The lowest BCUT2D eigenvalue weighted by atomic mass is 9.86. The molecule has 18 heteroatoms. The number of aromatic nitrogens is 6. The minimum absolute atomic E-state index is 0.106. The van der Waals surface area contributed by atoms with E-state index >= 15 is 0 Å². The van der Waals surface area contributed by atoms with Crippen LogP contribution in [0, 0.1) is 23.4 Å². The first-order chi connectivity index (χ1) is 29.9. The minimum atomic E-state index is -1.79. The fourth-order valence-corrected chi connectivity index (χ4v) is 8.99. The molecule has 9 rings (SSSR count). The van der Waals surface area contributed by atoms with Crippen molar-refractivity contribution in [2.45, 2.75) is 57.0 Å². The number of benzene rings is 3. The van der Waals surface area contributed by atoms with E-state index in [0.717, 1.165) is 104 Å². The monoisotopic (exact) mass is 850 g/mol. The molecule has 3 N–H and O–H groups in total. The van der Waals surface area contributed by atoms with E-state index in [0.29, 0.717) is 18.0 Å². The van der Waals surface area contributed by atoms with Gasteiger partial charge in [-0.3, -0.25) is 43.4 Å². The van der Waals surface area contributed by atoms with Crippen molar-refractivity contribution in [1.82, 2.24) is 44.4 Å². The van der Waals surface area contributed by atoms with Gasteiger partial charge >= 0.3 is 5.69 Å². The molecule has 0 radical (unpaired) electrons. The lowest BCUT2D eigenvalue weighted by Gasteiger charge is -2.35. The molecule has 2 saturated heterocycles. The molecule has 3 aromatic carbocycles. The highest BCUT2D eigenvalue weighted by molar-refractivity contribution is 6.00. The van der Waals surface area contributed by atoms with Crippen LogP contribution >= 0.6 is 0 Å². The number of rotatable bonds is 10. The Balaban J connectivity index is 0.755. The number of phenols is 1. The summed E-state index contributed by atoms with van der Waals surface area (Å²) in [7, 11) is 1.71. The van der Waals surface area contributed by atoms with Crippen molar-refractivity contribution in [3.8, 4) is 17.0 Å². The molecule has 15 nitrogen and oxygen atoms in total. The Labute approximate surface area is 353 Å². The molecule has 322 valence electrons. The van der Waals surface area contributed by atoms with Crippen LogP contribution in [0.4, 0.5) is 19.0 Å². The summed E-state index contributed by atoms with van der Waals surface area (Å²) in [5.74, 6) is -7.00. The number of phenolic OH excluding ortho intramolecular Hbond substituents is 1. The number of carbonyl (C=O) groups is 3. The number of amides is 3. The van der Waals surface area contributed by atoms with Gasteiger partial charge < -0.3 is 15.3 Å². The summed E-state index contributed by atoms with van der Waals surface area (Å²) in [6.07, 6.45) is 10.1. The standard InChI is InChI=1S/C44H45F3N10O5/c1-53-36-18-25(4-9-34(36)57(44(53)62)35-10-11-38(58)51-43(35)61)12-13-54-14-16-55(17-15-54)37-23-48-33(22-49-37)27-5-6-28-24-56(52-32(28)19-27)29-7-2-26(3-8-29)21-50-42(60)30-20-31(45)41(59)40(47)39(30)46/h4-6,9,18-20,22-24,26,29,35,59H,2-3,7-8,10-17,21H2,1H3,(H,50,60)(H,51,58,61)/t26-,29-,35?. The van der Waals surface area contributed by atoms with Crippen LogP contribution in [0.25, 0.3) is 33.2 Å². The number of piperazine rings is 1. The molecule has 3 fully saturated rings. The second-order valence-corrected chi connectivity index (χ2v) is 16.5. The molecule has 1 atom stereocenters. The lowest BCUT2D eigenvalue weighted by Crippen LogP contribution is -2.47. The summed E-state index contributed by atoms with van der Waals surface area (Å²) in [6, 6.07) is 11.9. The van der Waals surface area contributed by atoms with E-state index in [1.165, 1.54) is 4.57 Å². The Hall–Kier alpha value is -6.56. The molecule has 1 unspecified atom stereocenters. The van der Waals surface area contributed by atoms with Crippen molar-refractivity contribution >= 4 is 45.5 Å². The molecule has 6 aromatic rings. The van der Waals surface area contributed by atoms with E-state index < -0.39 is 46.6 Å². The topological polar surface area (TPSA) is 173 Å². The second-order valence-electron chi connectivity index (χ2n) is 16.5. The van der Waals surface area contributed by atoms with Gasteiger partial charge in [0.2, 0.25) is 17.6 Å². The van der Waals surface area contributed by atoms with Gasteiger partial charge in [0.1, 0.15) is 11.9 Å². The number of piperidine rings is 1. The number of imide groups is 1. The van der Waals surface area contributed by atoms with Crippen LogP contribution in [-0.4, -0.2) is 95.9 Å². The van der Waals surface area contributed by atoms with E-state index in [2.05, 4.69) is 20.4 Å². The molecule has 3 aromatic heterocycles. The number of fused-ring (bicyclic) bond motifs is 2. The maximum absolute atomic E-state index is 14.1. The predicted octanol–water partition coefficient (Wildman–Crippen LogP) is 4.77. The average Bonchev–Trinajstić information content (AvgIpc) is 3.83. The van der Waals surface area contributed by atoms with Gasteiger partial charge in [0.25, 0.3) is 5.91 Å². The van der Waals surface area contributed by atoms with Gasteiger partial charge in [-0.2, -0.15) is 9.49 Å². The van der Waals surface area contributed by atoms with Crippen LogP contribution in [-0.2, 0) is 23.1 Å². The van der Waals surface area contributed by atoms with E-state index in [1.807, 2.05) is 53.5 Å². The molecular formula is C44H45F3N10O5. The number of hydrogen-bond donors (Lipinski definition) is 3. The van der Waals surface area contributed by atoms with Crippen LogP contribution in [0.3, 0.4) is 0 Å². The highest BCUT2D eigenvalue weighted by Gasteiger charge is 2.32.